The van der Waals surface area contributed by atoms with E-state index in [-0.39, 0.29) is 5.92 Å². The molecule has 0 saturated carbocycles. The third-order valence-corrected chi connectivity index (χ3v) is 2.63. The molecule has 0 bridgehead atoms. The van der Waals surface area contributed by atoms with Gasteiger partial charge in [0, 0.05) is 24.6 Å². The number of aromatic nitrogens is 2. The number of likely N-dealkylation sites (N-methyl/N-ethyl adjacent to an activating group) is 1. The summed E-state index contributed by atoms with van der Waals surface area (Å²) in [6.07, 6.45) is 0.771. The fourth-order valence-corrected chi connectivity index (χ4v) is 1.95. The van der Waals surface area contributed by atoms with Crippen LogP contribution in [0, 0.1) is 12.8 Å². The molecule has 0 amide bonds. The molecule has 0 radical (unpaired) electrons. The number of ketones is 1. The van der Waals surface area contributed by atoms with Gasteiger partial charge in [0.15, 0.2) is 5.78 Å². The van der Waals surface area contributed by atoms with Crippen molar-refractivity contribution in [1.82, 2.24) is 15.1 Å². The number of carbonyl (C=O) groups is 1. The van der Waals surface area contributed by atoms with Crippen LogP contribution >= 0.6 is 0 Å². The molecule has 1 atom stereocenters. The first-order valence-electron chi connectivity index (χ1n) is 4.87. The van der Waals surface area contributed by atoms with Gasteiger partial charge in [-0.05, 0) is 20.0 Å². The second-order valence-electron chi connectivity index (χ2n) is 4.11. The van der Waals surface area contributed by atoms with E-state index in [0.717, 1.165) is 24.4 Å². The Bertz CT molecular complexity index is 345. The molecule has 1 aromatic heterocycles. The van der Waals surface area contributed by atoms with Crippen molar-refractivity contribution in [2.24, 2.45) is 5.92 Å². The van der Waals surface area contributed by atoms with Crippen LogP contribution in [0.4, 0.5) is 0 Å². The molecule has 2 heterocycles. The van der Waals surface area contributed by atoms with Crippen LogP contribution in [0.2, 0.25) is 0 Å². The first-order valence-corrected chi connectivity index (χ1v) is 4.87. The van der Waals surface area contributed by atoms with E-state index in [1.54, 1.807) is 0 Å². The zero-order valence-corrected chi connectivity index (χ0v) is 8.58. The SMILES string of the molecule is Cc1cc(CC2CN(C)CC2=O)n[nH]1. The van der Waals surface area contributed by atoms with E-state index in [2.05, 4.69) is 15.1 Å². The summed E-state index contributed by atoms with van der Waals surface area (Å²) < 4.78 is 0. The fourth-order valence-electron chi connectivity index (χ4n) is 1.95. The van der Waals surface area contributed by atoms with Gasteiger partial charge in [0.2, 0.25) is 0 Å². The lowest BCUT2D eigenvalue weighted by Crippen LogP contribution is -2.15. The van der Waals surface area contributed by atoms with Crippen molar-refractivity contribution in [3.8, 4) is 0 Å². The molecule has 1 N–H and O–H groups in total. The number of likely N-dealkylation sites (tertiary alicyclic amines) is 1. The van der Waals surface area contributed by atoms with Gasteiger partial charge in [-0.2, -0.15) is 5.10 Å². The van der Waals surface area contributed by atoms with Gasteiger partial charge in [0.1, 0.15) is 0 Å². The topological polar surface area (TPSA) is 49.0 Å². The summed E-state index contributed by atoms with van der Waals surface area (Å²) in [7, 11) is 1.98. The number of hydrogen-bond acceptors (Lipinski definition) is 3. The smallest absolute Gasteiger partial charge is 0.151 e. The molecule has 76 valence electrons. The molecule has 4 heteroatoms. The van der Waals surface area contributed by atoms with Gasteiger partial charge in [-0.1, -0.05) is 0 Å². The molecule has 1 aliphatic rings. The summed E-state index contributed by atoms with van der Waals surface area (Å²) in [5, 5.41) is 7.04. The number of rotatable bonds is 2. The van der Waals surface area contributed by atoms with Crippen LogP contribution in [-0.4, -0.2) is 41.0 Å². The van der Waals surface area contributed by atoms with Crippen molar-refractivity contribution in [3.63, 3.8) is 0 Å². The Balaban J connectivity index is 2.01. The highest BCUT2D eigenvalue weighted by Crippen LogP contribution is 2.15. The lowest BCUT2D eigenvalue weighted by Gasteiger charge is -2.06. The highest BCUT2D eigenvalue weighted by atomic mass is 16.1. The maximum Gasteiger partial charge on any atom is 0.151 e. The largest absolute Gasteiger partial charge is 0.298 e. The highest BCUT2D eigenvalue weighted by molar-refractivity contribution is 5.85. The third kappa shape index (κ3) is 1.85. The van der Waals surface area contributed by atoms with Crippen LogP contribution in [0.1, 0.15) is 11.4 Å². The summed E-state index contributed by atoms with van der Waals surface area (Å²) in [4.78, 5) is 13.6. The van der Waals surface area contributed by atoms with Crippen LogP contribution in [0.5, 0.6) is 0 Å². The lowest BCUT2D eigenvalue weighted by molar-refractivity contribution is -0.119. The second kappa shape index (κ2) is 3.53. The quantitative estimate of drug-likeness (QED) is 0.739. The maximum atomic E-state index is 11.5. The minimum absolute atomic E-state index is 0.141. The first kappa shape index (κ1) is 9.40. The van der Waals surface area contributed by atoms with Crippen LogP contribution in [0.3, 0.4) is 0 Å². The molecule has 0 aliphatic carbocycles. The summed E-state index contributed by atoms with van der Waals surface area (Å²) in [5.74, 6) is 0.482. The number of carbonyl (C=O) groups excluding carboxylic acids is 1. The Labute approximate surface area is 83.3 Å². The number of Topliss-reactive ketones (excluding diaryl/α,β-unsaturated/α-hetero) is 1. The van der Waals surface area contributed by atoms with Crippen molar-refractivity contribution in [2.75, 3.05) is 20.1 Å². The number of aryl methyl sites for hydroxylation is 1. The predicted octanol–water partition coefficient (Wildman–Crippen LogP) is 0.391. The van der Waals surface area contributed by atoms with E-state index >= 15 is 0 Å². The second-order valence-corrected chi connectivity index (χ2v) is 4.11. The summed E-state index contributed by atoms with van der Waals surface area (Å²) in [6, 6.07) is 2.01. The van der Waals surface area contributed by atoms with Gasteiger partial charge in [0.25, 0.3) is 0 Å². The van der Waals surface area contributed by atoms with Crippen molar-refractivity contribution < 1.29 is 4.79 Å². The molecule has 0 aromatic carbocycles. The zero-order valence-electron chi connectivity index (χ0n) is 8.58. The van der Waals surface area contributed by atoms with E-state index in [0.29, 0.717) is 12.3 Å². The van der Waals surface area contributed by atoms with Crippen LogP contribution in [0.15, 0.2) is 6.07 Å². The standard InChI is InChI=1S/C10H15N3O/c1-7-3-9(12-11-7)4-8-5-13(2)6-10(8)14/h3,8H,4-6H2,1-2H3,(H,11,12). The molecule has 1 unspecified atom stereocenters. The van der Waals surface area contributed by atoms with Gasteiger partial charge in [-0.15, -0.1) is 0 Å². The summed E-state index contributed by atoms with van der Waals surface area (Å²) in [5.41, 5.74) is 2.05. The first-order chi connectivity index (χ1) is 6.65. The predicted molar refractivity (Wildman–Crippen MR) is 53.0 cm³/mol. The third-order valence-electron chi connectivity index (χ3n) is 2.63. The fraction of sp³-hybridized carbons (Fsp3) is 0.600. The summed E-state index contributed by atoms with van der Waals surface area (Å²) in [6.45, 7) is 3.43. The Morgan fingerprint density at radius 1 is 1.71 bits per heavy atom. The molecular formula is C10H15N3O. The molecule has 1 fully saturated rings. The average Bonchev–Trinajstić information content (AvgIpc) is 2.61. The Kier molecular flexibility index (Phi) is 2.37. The molecule has 1 saturated heterocycles. The van der Waals surface area contributed by atoms with E-state index in [9.17, 15) is 4.79 Å². The van der Waals surface area contributed by atoms with Crippen molar-refractivity contribution >= 4 is 5.78 Å². The molecule has 1 aromatic rings. The normalized spacial score (nSPS) is 23.3. The number of aromatic amines is 1. The van der Waals surface area contributed by atoms with Crippen molar-refractivity contribution in [1.29, 1.82) is 0 Å². The van der Waals surface area contributed by atoms with Gasteiger partial charge < -0.3 is 0 Å². The molecule has 0 spiro atoms. The van der Waals surface area contributed by atoms with Crippen LogP contribution in [-0.2, 0) is 11.2 Å². The molecular weight excluding hydrogens is 178 g/mol. The Morgan fingerprint density at radius 2 is 2.50 bits per heavy atom. The molecule has 1 aliphatic heterocycles. The highest BCUT2D eigenvalue weighted by Gasteiger charge is 2.28. The van der Waals surface area contributed by atoms with E-state index in [4.69, 9.17) is 0 Å². The van der Waals surface area contributed by atoms with Crippen molar-refractivity contribution in [3.05, 3.63) is 17.5 Å². The zero-order chi connectivity index (χ0) is 10.1. The van der Waals surface area contributed by atoms with Gasteiger partial charge in [-0.3, -0.25) is 14.8 Å². The molecule has 4 nitrogen and oxygen atoms in total. The van der Waals surface area contributed by atoms with Gasteiger partial charge in [0.05, 0.1) is 12.2 Å². The van der Waals surface area contributed by atoms with Crippen molar-refractivity contribution in [2.45, 2.75) is 13.3 Å². The van der Waals surface area contributed by atoms with Crippen LogP contribution in [0.25, 0.3) is 0 Å². The molecule has 14 heavy (non-hydrogen) atoms. The summed E-state index contributed by atoms with van der Waals surface area (Å²) >= 11 is 0. The lowest BCUT2D eigenvalue weighted by atomic mass is 10.0. The monoisotopic (exact) mass is 193 g/mol. The number of hydrogen-bond donors (Lipinski definition) is 1. The maximum absolute atomic E-state index is 11.5. The minimum Gasteiger partial charge on any atom is -0.298 e. The van der Waals surface area contributed by atoms with Gasteiger partial charge >= 0.3 is 0 Å². The Morgan fingerprint density at radius 3 is 3.00 bits per heavy atom. The van der Waals surface area contributed by atoms with E-state index < -0.39 is 0 Å². The molecule has 2 rings (SSSR count). The van der Waals surface area contributed by atoms with Gasteiger partial charge in [-0.25, -0.2) is 0 Å². The Hall–Kier alpha value is -1.16. The van der Waals surface area contributed by atoms with E-state index in [1.165, 1.54) is 0 Å². The minimum atomic E-state index is 0.141. The number of nitrogens with one attached hydrogen (secondary N) is 1. The van der Waals surface area contributed by atoms with E-state index in [1.807, 2.05) is 20.0 Å². The number of nitrogens with zero attached hydrogens (tertiary/aromatic N) is 2. The number of H-pyrrole nitrogens is 1. The van der Waals surface area contributed by atoms with Crippen LogP contribution < -0.4 is 0 Å². The average molecular weight is 193 g/mol.